The van der Waals surface area contributed by atoms with Gasteiger partial charge >= 0.3 is 0 Å². The van der Waals surface area contributed by atoms with Crippen molar-refractivity contribution < 1.29 is 27.0 Å². The van der Waals surface area contributed by atoms with Gasteiger partial charge in [0.15, 0.2) is 0 Å². The molecule has 0 amide bonds. The molecule has 0 unspecified atom stereocenters. The van der Waals surface area contributed by atoms with Crippen LogP contribution in [0, 0.1) is 0 Å². The van der Waals surface area contributed by atoms with Crippen LogP contribution in [-0.2, 0) is 10.0 Å². The second kappa shape index (κ2) is 8.11. The van der Waals surface area contributed by atoms with E-state index in [1.54, 1.807) is 24.3 Å². The second-order valence-electron chi connectivity index (χ2n) is 4.18. The molecule has 9 heteroatoms. The summed E-state index contributed by atoms with van der Waals surface area (Å²) in [5.74, 6) is -0.149. The topological polar surface area (TPSA) is 92.9 Å². The van der Waals surface area contributed by atoms with E-state index in [0.717, 1.165) is 0 Å². The van der Waals surface area contributed by atoms with Crippen LogP contribution in [0.3, 0.4) is 0 Å². The molecule has 0 aliphatic heterocycles. The van der Waals surface area contributed by atoms with Crippen LogP contribution in [0.4, 0.5) is 14.5 Å². The van der Waals surface area contributed by atoms with E-state index in [1.165, 1.54) is 0 Å². The number of halogens is 2. The van der Waals surface area contributed by atoms with Crippen LogP contribution < -0.4 is 10.5 Å². The molecule has 3 N–H and O–H groups in total. The Kier molecular flexibility index (Phi) is 6.79. The van der Waals surface area contributed by atoms with Gasteiger partial charge in [-0.1, -0.05) is 12.1 Å². The first-order chi connectivity index (χ1) is 9.86. The van der Waals surface area contributed by atoms with E-state index < -0.39 is 35.4 Å². The molecule has 0 heterocycles. The number of aliphatic hydroxyl groups excluding tert-OH is 1. The standard InChI is InChI=1S/C12H18F2N2O4S/c13-12(14)9-16(5-6-17)21(18,19)8-7-20-11-4-2-1-3-10(11)15/h1-4,12,17H,5-9,15H2. The van der Waals surface area contributed by atoms with Crippen LogP contribution in [0.25, 0.3) is 0 Å². The number of nitrogen functional groups attached to an aromatic ring is 1. The Morgan fingerprint density at radius 2 is 2.00 bits per heavy atom. The van der Waals surface area contributed by atoms with Gasteiger partial charge in [0.1, 0.15) is 12.4 Å². The molecule has 6 nitrogen and oxygen atoms in total. The van der Waals surface area contributed by atoms with Crippen molar-refractivity contribution in [2.24, 2.45) is 0 Å². The highest BCUT2D eigenvalue weighted by Crippen LogP contribution is 2.19. The van der Waals surface area contributed by atoms with Gasteiger partial charge in [-0.25, -0.2) is 17.2 Å². The van der Waals surface area contributed by atoms with Crippen molar-refractivity contribution in [2.75, 3.05) is 37.8 Å². The van der Waals surface area contributed by atoms with E-state index in [4.69, 9.17) is 15.6 Å². The summed E-state index contributed by atoms with van der Waals surface area (Å²) in [6, 6.07) is 6.55. The van der Waals surface area contributed by atoms with Crippen LogP contribution >= 0.6 is 0 Å². The zero-order chi connectivity index (χ0) is 15.9. The Balaban J connectivity index is 2.60. The van der Waals surface area contributed by atoms with Gasteiger partial charge in [0.25, 0.3) is 6.43 Å². The molecule has 0 aliphatic rings. The Bertz CT molecular complexity index is 540. The fourth-order valence-electron chi connectivity index (χ4n) is 1.61. The van der Waals surface area contributed by atoms with Gasteiger partial charge < -0.3 is 15.6 Å². The third-order valence-electron chi connectivity index (χ3n) is 2.60. The number of hydrogen-bond donors (Lipinski definition) is 2. The molecular weight excluding hydrogens is 306 g/mol. The summed E-state index contributed by atoms with van der Waals surface area (Å²) in [6.07, 6.45) is -2.81. The van der Waals surface area contributed by atoms with Crippen molar-refractivity contribution >= 4 is 15.7 Å². The first kappa shape index (κ1) is 17.6. The Hall–Kier alpha value is -1.45. The molecular formula is C12H18F2N2O4S. The minimum Gasteiger partial charge on any atom is -0.490 e. The van der Waals surface area contributed by atoms with Crippen LogP contribution in [0.5, 0.6) is 5.75 Å². The average molecular weight is 324 g/mol. The quantitative estimate of drug-likeness (QED) is 0.647. The molecule has 1 aromatic rings. The van der Waals surface area contributed by atoms with E-state index in [-0.39, 0.29) is 13.2 Å². The first-order valence-electron chi connectivity index (χ1n) is 6.21. The van der Waals surface area contributed by atoms with E-state index >= 15 is 0 Å². The van der Waals surface area contributed by atoms with Crippen molar-refractivity contribution in [3.05, 3.63) is 24.3 Å². The van der Waals surface area contributed by atoms with Gasteiger partial charge in [-0.15, -0.1) is 0 Å². The minimum atomic E-state index is -3.94. The SMILES string of the molecule is Nc1ccccc1OCCS(=O)(=O)N(CCO)CC(F)F. The van der Waals surface area contributed by atoms with Crippen LogP contribution in [0.15, 0.2) is 24.3 Å². The third kappa shape index (κ3) is 5.82. The fourth-order valence-corrected chi connectivity index (χ4v) is 2.86. The number of aliphatic hydroxyl groups is 1. The van der Waals surface area contributed by atoms with Gasteiger partial charge in [0.05, 0.1) is 24.6 Å². The highest BCUT2D eigenvalue weighted by molar-refractivity contribution is 7.89. The molecule has 1 aromatic carbocycles. The lowest BCUT2D eigenvalue weighted by Crippen LogP contribution is -2.39. The molecule has 21 heavy (non-hydrogen) atoms. The minimum absolute atomic E-state index is 0.221. The smallest absolute Gasteiger partial charge is 0.252 e. The van der Waals surface area contributed by atoms with E-state index in [2.05, 4.69) is 0 Å². The number of ether oxygens (including phenoxy) is 1. The summed E-state index contributed by atoms with van der Waals surface area (Å²) in [5, 5.41) is 8.75. The Morgan fingerprint density at radius 3 is 2.57 bits per heavy atom. The predicted molar refractivity (Wildman–Crippen MR) is 74.8 cm³/mol. The number of anilines is 1. The second-order valence-corrected chi connectivity index (χ2v) is 6.26. The van der Waals surface area contributed by atoms with Crippen LogP contribution in [0.1, 0.15) is 0 Å². The lowest BCUT2D eigenvalue weighted by molar-refractivity contribution is 0.113. The molecule has 0 fully saturated rings. The van der Waals surface area contributed by atoms with Crippen molar-refractivity contribution in [3.63, 3.8) is 0 Å². The number of hydrogen-bond acceptors (Lipinski definition) is 5. The van der Waals surface area contributed by atoms with Gasteiger partial charge in [-0.3, -0.25) is 0 Å². The number of para-hydroxylation sites is 2. The Morgan fingerprint density at radius 1 is 1.33 bits per heavy atom. The van der Waals surface area contributed by atoms with E-state index in [0.29, 0.717) is 15.7 Å². The van der Waals surface area contributed by atoms with Gasteiger partial charge in [0, 0.05) is 6.54 Å². The summed E-state index contributed by atoms with van der Waals surface area (Å²) < 4.78 is 54.3. The first-order valence-corrected chi connectivity index (χ1v) is 7.82. The zero-order valence-corrected chi connectivity index (χ0v) is 12.1. The third-order valence-corrected chi connectivity index (χ3v) is 4.40. The summed E-state index contributed by atoms with van der Waals surface area (Å²) in [5.41, 5.74) is 5.98. The number of benzene rings is 1. The molecule has 0 bridgehead atoms. The number of alkyl halides is 2. The number of rotatable bonds is 9. The lowest BCUT2D eigenvalue weighted by atomic mass is 10.3. The van der Waals surface area contributed by atoms with E-state index in [9.17, 15) is 17.2 Å². The van der Waals surface area contributed by atoms with Crippen LogP contribution in [-0.4, -0.2) is 56.3 Å². The summed E-state index contributed by atoms with van der Waals surface area (Å²) >= 11 is 0. The van der Waals surface area contributed by atoms with Crippen molar-refractivity contribution in [1.29, 1.82) is 0 Å². The number of nitrogens with two attached hydrogens (primary N) is 1. The normalized spacial score (nSPS) is 12.0. The van der Waals surface area contributed by atoms with E-state index in [1.807, 2.05) is 0 Å². The molecule has 0 aliphatic carbocycles. The predicted octanol–water partition coefficient (Wildman–Crippen LogP) is 0.537. The molecule has 1 rings (SSSR count). The summed E-state index contributed by atoms with van der Waals surface area (Å²) in [7, 11) is -3.94. The largest absolute Gasteiger partial charge is 0.490 e. The molecule has 120 valence electrons. The zero-order valence-electron chi connectivity index (χ0n) is 11.3. The monoisotopic (exact) mass is 324 g/mol. The summed E-state index contributed by atoms with van der Waals surface area (Å²) in [6.45, 7) is -2.07. The molecule has 0 aromatic heterocycles. The van der Waals surface area contributed by atoms with Crippen molar-refractivity contribution in [1.82, 2.24) is 4.31 Å². The summed E-state index contributed by atoms with van der Waals surface area (Å²) in [4.78, 5) is 0. The maximum absolute atomic E-state index is 12.3. The lowest BCUT2D eigenvalue weighted by Gasteiger charge is -2.20. The van der Waals surface area contributed by atoms with Gasteiger partial charge in [0.2, 0.25) is 10.0 Å². The molecule has 0 atom stereocenters. The highest BCUT2D eigenvalue weighted by atomic mass is 32.2. The van der Waals surface area contributed by atoms with Crippen molar-refractivity contribution in [2.45, 2.75) is 6.43 Å². The van der Waals surface area contributed by atoms with Gasteiger partial charge in [-0.2, -0.15) is 4.31 Å². The average Bonchev–Trinajstić information content (AvgIpc) is 2.40. The van der Waals surface area contributed by atoms with Crippen LogP contribution in [0.2, 0.25) is 0 Å². The fraction of sp³-hybridized carbons (Fsp3) is 0.500. The molecule has 0 spiro atoms. The van der Waals surface area contributed by atoms with Gasteiger partial charge in [-0.05, 0) is 12.1 Å². The Labute approximate surface area is 122 Å². The maximum Gasteiger partial charge on any atom is 0.252 e. The molecule has 0 saturated carbocycles. The molecule has 0 saturated heterocycles. The highest BCUT2D eigenvalue weighted by Gasteiger charge is 2.24. The number of nitrogens with zero attached hydrogens (tertiary/aromatic N) is 1. The molecule has 0 radical (unpaired) electrons. The number of sulfonamides is 1. The maximum atomic E-state index is 12.3. The van der Waals surface area contributed by atoms with Crippen molar-refractivity contribution in [3.8, 4) is 5.75 Å².